The molecule has 232 valence electrons. The molecular weight excluding hydrogens is 537 g/mol. The van der Waals surface area contributed by atoms with E-state index in [-0.39, 0.29) is 12.5 Å². The van der Waals surface area contributed by atoms with Crippen LogP contribution in [0, 0.1) is 12.3 Å². The van der Waals surface area contributed by atoms with Crippen LogP contribution < -0.4 is 10.1 Å². The van der Waals surface area contributed by atoms with E-state index in [1.807, 2.05) is 24.3 Å². The number of allylic oxidation sites excluding steroid dienone is 2. The zero-order valence-corrected chi connectivity index (χ0v) is 26.1. The molecule has 0 spiro atoms. The molecule has 0 fully saturated rings. The topological polar surface area (TPSA) is 105 Å². The number of carbonyl (C=O) groups excluding carboxylic acids is 1. The summed E-state index contributed by atoms with van der Waals surface area (Å²) >= 11 is 0. The van der Waals surface area contributed by atoms with Gasteiger partial charge in [-0.1, -0.05) is 82.6 Å². The predicted octanol–water partition coefficient (Wildman–Crippen LogP) is 8.04. The van der Waals surface area contributed by atoms with E-state index in [0.717, 1.165) is 62.7 Å². The van der Waals surface area contributed by atoms with E-state index in [0.29, 0.717) is 19.4 Å². The van der Waals surface area contributed by atoms with Crippen molar-refractivity contribution >= 4 is 13.7 Å². The SMILES string of the molecule is C#CCCCCOc1ccc(C[C@H](COP(=O)(O)O)NC(=O)CCCCCCC/C=C\CCCCCCCC)cc1. The van der Waals surface area contributed by atoms with Crippen molar-refractivity contribution in [2.75, 3.05) is 13.2 Å². The molecule has 0 heterocycles. The summed E-state index contributed by atoms with van der Waals surface area (Å²) in [6.07, 6.45) is 28.8. The van der Waals surface area contributed by atoms with Crippen molar-refractivity contribution in [2.24, 2.45) is 0 Å². The van der Waals surface area contributed by atoms with Crippen LogP contribution in [-0.2, 0) is 20.3 Å². The summed E-state index contributed by atoms with van der Waals surface area (Å²) in [6, 6.07) is 6.93. The molecule has 7 nitrogen and oxygen atoms in total. The Labute approximate surface area is 249 Å². The normalized spacial score (nSPS) is 12.3. The quantitative estimate of drug-likeness (QED) is 0.0436. The van der Waals surface area contributed by atoms with Crippen molar-refractivity contribution in [3.05, 3.63) is 42.0 Å². The zero-order chi connectivity index (χ0) is 30.0. The number of terminal acetylenes is 1. The third-order valence-corrected chi connectivity index (χ3v) is 7.35. The Kier molecular flexibility index (Phi) is 22.1. The third kappa shape index (κ3) is 23.2. The lowest BCUT2D eigenvalue weighted by atomic mass is 10.1. The summed E-state index contributed by atoms with van der Waals surface area (Å²) in [5.41, 5.74) is 0.908. The molecule has 0 radical (unpaired) electrons. The van der Waals surface area contributed by atoms with Gasteiger partial charge in [0.1, 0.15) is 5.75 Å². The molecule has 0 aliphatic carbocycles. The lowest BCUT2D eigenvalue weighted by Gasteiger charge is -2.19. The number of phosphoric acid groups is 1. The fourth-order valence-corrected chi connectivity index (χ4v) is 4.89. The number of rotatable bonds is 26. The number of carbonyl (C=O) groups is 1. The number of benzene rings is 1. The zero-order valence-electron chi connectivity index (χ0n) is 25.2. The minimum absolute atomic E-state index is 0.131. The van der Waals surface area contributed by atoms with E-state index in [1.54, 1.807) is 0 Å². The Bertz CT molecular complexity index is 905. The summed E-state index contributed by atoms with van der Waals surface area (Å²) in [5, 5.41) is 2.89. The van der Waals surface area contributed by atoms with E-state index in [4.69, 9.17) is 25.5 Å². The van der Waals surface area contributed by atoms with Gasteiger partial charge in [0, 0.05) is 12.8 Å². The molecule has 0 saturated heterocycles. The number of nitrogens with one attached hydrogen (secondary N) is 1. The molecule has 41 heavy (non-hydrogen) atoms. The van der Waals surface area contributed by atoms with Crippen LogP contribution >= 0.6 is 7.82 Å². The Balaban J connectivity index is 2.27. The lowest BCUT2D eigenvalue weighted by Crippen LogP contribution is -2.39. The number of unbranched alkanes of at least 4 members (excludes halogenated alkanes) is 13. The van der Waals surface area contributed by atoms with Crippen molar-refractivity contribution in [3.8, 4) is 18.1 Å². The Morgan fingerprint density at radius 1 is 0.927 bits per heavy atom. The number of amides is 1. The average molecular weight is 592 g/mol. The standard InChI is InChI=1S/C33H54NO6P/c1-3-5-7-9-10-11-12-13-14-15-16-17-18-19-20-22-33(35)34-31(29-40-41(36,37)38)28-30-23-25-32(26-24-30)39-27-21-8-6-4-2/h2,13-14,23-26,31H,3,5-12,15-22,27-29H2,1H3,(H,34,35)(H2,36,37,38)/b14-13-/t31-/m1/s1. The molecule has 0 aliphatic rings. The van der Waals surface area contributed by atoms with E-state index in [9.17, 15) is 9.36 Å². The second-order valence-electron chi connectivity index (χ2n) is 10.7. The van der Waals surface area contributed by atoms with Crippen LogP contribution in [0.4, 0.5) is 0 Å². The van der Waals surface area contributed by atoms with Crippen LogP contribution in [-0.4, -0.2) is 34.9 Å². The van der Waals surface area contributed by atoms with E-state index in [1.165, 1.54) is 51.4 Å². The monoisotopic (exact) mass is 591 g/mol. The minimum atomic E-state index is -4.64. The highest BCUT2D eigenvalue weighted by molar-refractivity contribution is 7.46. The van der Waals surface area contributed by atoms with Gasteiger partial charge in [-0.2, -0.15) is 0 Å². The Hall–Kier alpha value is -2.10. The second kappa shape index (κ2) is 24.5. The molecular formula is C33H54NO6P. The molecule has 0 aromatic heterocycles. The smallest absolute Gasteiger partial charge is 0.469 e. The van der Waals surface area contributed by atoms with E-state index in [2.05, 4.69) is 30.3 Å². The van der Waals surface area contributed by atoms with Crippen molar-refractivity contribution in [1.82, 2.24) is 5.32 Å². The molecule has 0 aliphatic heterocycles. The number of phosphoric ester groups is 1. The molecule has 1 aromatic carbocycles. The van der Waals surface area contributed by atoms with Crippen LogP contribution in [0.3, 0.4) is 0 Å². The molecule has 0 unspecified atom stereocenters. The maximum absolute atomic E-state index is 12.5. The number of hydrogen-bond acceptors (Lipinski definition) is 4. The van der Waals surface area contributed by atoms with Gasteiger partial charge in [-0.15, -0.1) is 12.3 Å². The van der Waals surface area contributed by atoms with E-state index >= 15 is 0 Å². The summed E-state index contributed by atoms with van der Waals surface area (Å²) in [6.45, 7) is 2.57. The summed E-state index contributed by atoms with van der Waals surface area (Å²) in [7, 11) is -4.64. The fraction of sp³-hybridized carbons (Fsp3) is 0.667. The van der Waals surface area contributed by atoms with Gasteiger partial charge in [0.25, 0.3) is 0 Å². The first-order valence-corrected chi connectivity index (χ1v) is 17.2. The minimum Gasteiger partial charge on any atom is -0.494 e. The van der Waals surface area contributed by atoms with Gasteiger partial charge >= 0.3 is 7.82 Å². The van der Waals surface area contributed by atoms with Crippen LogP contribution in [0.5, 0.6) is 5.75 Å². The van der Waals surface area contributed by atoms with Gasteiger partial charge in [0.05, 0.1) is 19.3 Å². The molecule has 0 saturated carbocycles. The molecule has 1 amide bonds. The predicted molar refractivity (Wildman–Crippen MR) is 168 cm³/mol. The number of hydrogen-bond donors (Lipinski definition) is 3. The van der Waals surface area contributed by atoms with Crippen LogP contribution in [0.15, 0.2) is 36.4 Å². The molecule has 0 bridgehead atoms. The van der Waals surface area contributed by atoms with Gasteiger partial charge in [-0.3, -0.25) is 9.32 Å². The number of ether oxygens (including phenoxy) is 1. The first-order valence-electron chi connectivity index (χ1n) is 15.6. The van der Waals surface area contributed by atoms with Crippen molar-refractivity contribution in [3.63, 3.8) is 0 Å². The van der Waals surface area contributed by atoms with Gasteiger partial charge in [-0.05, 0) is 69.1 Å². The first kappa shape index (κ1) is 36.9. The van der Waals surface area contributed by atoms with Gasteiger partial charge < -0.3 is 19.8 Å². The largest absolute Gasteiger partial charge is 0.494 e. The fourth-order valence-electron chi connectivity index (χ4n) is 4.52. The van der Waals surface area contributed by atoms with Gasteiger partial charge in [-0.25, -0.2) is 4.57 Å². The summed E-state index contributed by atoms with van der Waals surface area (Å²) in [4.78, 5) is 30.8. The Morgan fingerprint density at radius 3 is 2.15 bits per heavy atom. The molecule has 8 heteroatoms. The third-order valence-electron chi connectivity index (χ3n) is 6.86. The highest BCUT2D eigenvalue weighted by atomic mass is 31.2. The lowest BCUT2D eigenvalue weighted by molar-refractivity contribution is -0.122. The summed E-state index contributed by atoms with van der Waals surface area (Å²) in [5.74, 6) is 3.22. The van der Waals surface area contributed by atoms with Gasteiger partial charge in [0.2, 0.25) is 5.91 Å². The highest BCUT2D eigenvalue weighted by Crippen LogP contribution is 2.35. The second-order valence-corrected chi connectivity index (χ2v) is 12.0. The van der Waals surface area contributed by atoms with Crippen LogP contribution in [0.25, 0.3) is 0 Å². The van der Waals surface area contributed by atoms with E-state index < -0.39 is 13.9 Å². The molecule has 1 atom stereocenters. The van der Waals surface area contributed by atoms with Gasteiger partial charge in [0.15, 0.2) is 0 Å². The molecule has 1 aromatic rings. The summed E-state index contributed by atoms with van der Waals surface area (Å²) < 4.78 is 21.7. The molecule has 1 rings (SSSR count). The van der Waals surface area contributed by atoms with Crippen molar-refractivity contribution in [1.29, 1.82) is 0 Å². The van der Waals surface area contributed by atoms with Crippen LogP contribution in [0.1, 0.15) is 122 Å². The van der Waals surface area contributed by atoms with Crippen molar-refractivity contribution < 1.29 is 28.4 Å². The highest BCUT2D eigenvalue weighted by Gasteiger charge is 2.20. The maximum Gasteiger partial charge on any atom is 0.469 e. The van der Waals surface area contributed by atoms with Crippen molar-refractivity contribution in [2.45, 2.75) is 129 Å². The average Bonchev–Trinajstić information content (AvgIpc) is 2.94. The maximum atomic E-state index is 12.5. The first-order chi connectivity index (χ1) is 19.8. The van der Waals surface area contributed by atoms with Crippen LogP contribution in [0.2, 0.25) is 0 Å². The molecule has 3 N–H and O–H groups in total. The Morgan fingerprint density at radius 2 is 1.54 bits per heavy atom.